The number of nitriles is 1. The van der Waals surface area contributed by atoms with Crippen LogP contribution in [0.2, 0.25) is 5.02 Å². The van der Waals surface area contributed by atoms with Crippen molar-refractivity contribution in [3.05, 3.63) is 59.2 Å². The number of rotatable bonds is 5. The smallest absolute Gasteiger partial charge is 0.249 e. The molecule has 124 valence electrons. The summed E-state index contributed by atoms with van der Waals surface area (Å²) in [5.41, 5.74) is 1.98. The number of hydrogen-bond acceptors (Lipinski definition) is 7. The van der Waals surface area contributed by atoms with Crippen molar-refractivity contribution in [2.24, 2.45) is 0 Å². The molecule has 0 aliphatic carbocycles. The maximum atomic E-state index is 8.95. The molecule has 1 aromatic heterocycles. The zero-order valence-electron chi connectivity index (χ0n) is 13.2. The molecule has 0 saturated heterocycles. The Morgan fingerprint density at radius 2 is 1.96 bits per heavy atom. The average molecular weight is 353 g/mol. The van der Waals surface area contributed by atoms with E-state index < -0.39 is 0 Å². The molecule has 0 amide bonds. The third kappa shape index (κ3) is 4.13. The molecule has 0 spiro atoms. The van der Waals surface area contributed by atoms with Crippen LogP contribution in [0.4, 0.5) is 23.1 Å². The predicted octanol–water partition coefficient (Wildman–Crippen LogP) is 3.89. The van der Waals surface area contributed by atoms with Gasteiger partial charge in [-0.2, -0.15) is 15.3 Å². The van der Waals surface area contributed by atoms with Gasteiger partial charge in [0.15, 0.2) is 5.82 Å². The van der Waals surface area contributed by atoms with Gasteiger partial charge in [-0.25, -0.2) is 0 Å². The van der Waals surface area contributed by atoms with E-state index in [0.29, 0.717) is 33.8 Å². The molecule has 25 heavy (non-hydrogen) atoms. The maximum absolute atomic E-state index is 8.95. The number of hydrogen-bond donors (Lipinski definition) is 2. The Kier molecular flexibility index (Phi) is 4.92. The van der Waals surface area contributed by atoms with Gasteiger partial charge in [-0.3, -0.25) is 0 Å². The van der Waals surface area contributed by atoms with Crippen molar-refractivity contribution < 1.29 is 4.74 Å². The van der Waals surface area contributed by atoms with Crippen LogP contribution in [0.25, 0.3) is 0 Å². The first-order valence-electron chi connectivity index (χ1n) is 7.25. The molecule has 3 rings (SSSR count). The third-order valence-electron chi connectivity index (χ3n) is 3.23. The molecule has 8 heteroatoms. The summed E-state index contributed by atoms with van der Waals surface area (Å²) in [5.74, 6) is 1.39. The number of anilines is 4. The molecule has 2 aromatic carbocycles. The number of benzene rings is 2. The number of nitrogens with zero attached hydrogens (tertiary/aromatic N) is 4. The molecule has 0 saturated carbocycles. The molecule has 0 bridgehead atoms. The molecule has 0 radical (unpaired) electrons. The molecule has 1 heterocycles. The highest BCUT2D eigenvalue weighted by Crippen LogP contribution is 2.28. The van der Waals surface area contributed by atoms with E-state index in [9.17, 15) is 0 Å². The normalized spacial score (nSPS) is 9.96. The predicted molar refractivity (Wildman–Crippen MR) is 95.6 cm³/mol. The molecular formula is C17H13ClN6O. The summed E-state index contributed by atoms with van der Waals surface area (Å²) in [4.78, 5) is 4.34. The van der Waals surface area contributed by atoms with E-state index in [1.165, 1.54) is 6.20 Å². The lowest BCUT2D eigenvalue weighted by Crippen LogP contribution is -2.02. The van der Waals surface area contributed by atoms with E-state index in [0.717, 1.165) is 5.69 Å². The van der Waals surface area contributed by atoms with Gasteiger partial charge >= 0.3 is 0 Å². The second-order valence-electron chi connectivity index (χ2n) is 4.96. The van der Waals surface area contributed by atoms with Gasteiger partial charge in [-0.1, -0.05) is 17.7 Å². The Balaban J connectivity index is 1.77. The molecule has 2 N–H and O–H groups in total. The second kappa shape index (κ2) is 7.47. The molecule has 0 unspecified atom stereocenters. The number of methoxy groups -OCH3 is 1. The van der Waals surface area contributed by atoms with E-state index in [1.54, 1.807) is 37.4 Å². The Morgan fingerprint density at radius 1 is 1.12 bits per heavy atom. The number of nitrogens with one attached hydrogen (secondary N) is 2. The van der Waals surface area contributed by atoms with Crippen LogP contribution in [-0.2, 0) is 0 Å². The van der Waals surface area contributed by atoms with Crippen molar-refractivity contribution in [3.63, 3.8) is 0 Å². The lowest BCUT2D eigenvalue weighted by atomic mass is 10.2. The fourth-order valence-electron chi connectivity index (χ4n) is 2.10. The first kappa shape index (κ1) is 16.5. The summed E-state index contributed by atoms with van der Waals surface area (Å²) in [6.07, 6.45) is 1.50. The van der Waals surface area contributed by atoms with Crippen LogP contribution in [0.1, 0.15) is 5.56 Å². The topological polar surface area (TPSA) is 95.8 Å². The summed E-state index contributed by atoms with van der Waals surface area (Å²) >= 11 is 6.11. The molecule has 0 atom stereocenters. The van der Waals surface area contributed by atoms with Crippen molar-refractivity contribution in [1.82, 2.24) is 15.2 Å². The summed E-state index contributed by atoms with van der Waals surface area (Å²) in [6.45, 7) is 0. The van der Waals surface area contributed by atoms with Gasteiger partial charge in [0.1, 0.15) is 5.75 Å². The van der Waals surface area contributed by atoms with Crippen LogP contribution in [0, 0.1) is 11.3 Å². The van der Waals surface area contributed by atoms with E-state index in [2.05, 4.69) is 31.9 Å². The average Bonchev–Trinajstić information content (AvgIpc) is 2.62. The van der Waals surface area contributed by atoms with Crippen molar-refractivity contribution in [2.75, 3.05) is 17.7 Å². The Bertz CT molecular complexity index is 940. The molecule has 7 nitrogen and oxygen atoms in total. The Morgan fingerprint density at radius 3 is 2.72 bits per heavy atom. The van der Waals surface area contributed by atoms with Gasteiger partial charge in [0, 0.05) is 11.4 Å². The number of ether oxygens (including phenoxy) is 1. The second-order valence-corrected chi connectivity index (χ2v) is 5.36. The van der Waals surface area contributed by atoms with Gasteiger partial charge < -0.3 is 15.4 Å². The van der Waals surface area contributed by atoms with Gasteiger partial charge in [-0.05, 0) is 36.4 Å². The van der Waals surface area contributed by atoms with E-state index >= 15 is 0 Å². The Hall–Kier alpha value is -3.37. The van der Waals surface area contributed by atoms with E-state index in [-0.39, 0.29) is 0 Å². The minimum atomic E-state index is 0.305. The lowest BCUT2D eigenvalue weighted by Gasteiger charge is -2.09. The van der Waals surface area contributed by atoms with Crippen LogP contribution < -0.4 is 15.4 Å². The summed E-state index contributed by atoms with van der Waals surface area (Å²) in [6, 6.07) is 14.4. The highest BCUT2D eigenvalue weighted by atomic mass is 35.5. The molecule has 0 fully saturated rings. The highest BCUT2D eigenvalue weighted by Gasteiger charge is 2.05. The summed E-state index contributed by atoms with van der Waals surface area (Å²) in [5, 5.41) is 23.4. The molecule has 3 aromatic rings. The van der Waals surface area contributed by atoms with Crippen LogP contribution in [0.3, 0.4) is 0 Å². The highest BCUT2D eigenvalue weighted by molar-refractivity contribution is 6.32. The van der Waals surface area contributed by atoms with E-state index in [1.807, 2.05) is 12.1 Å². The third-order valence-corrected chi connectivity index (χ3v) is 3.53. The van der Waals surface area contributed by atoms with Crippen LogP contribution in [-0.4, -0.2) is 22.3 Å². The van der Waals surface area contributed by atoms with Gasteiger partial charge in [-0.15, -0.1) is 5.10 Å². The lowest BCUT2D eigenvalue weighted by molar-refractivity contribution is 0.415. The standard InChI is InChI=1S/C17H13ClN6O/c1-25-15-6-5-13(8-14(15)18)21-16-10-20-24-17(23-16)22-12-4-2-3-11(7-12)9-19/h2-8,10H,1H3,(H2,21,22,23,24). The van der Waals surface area contributed by atoms with Crippen LogP contribution in [0.15, 0.2) is 48.7 Å². The van der Waals surface area contributed by atoms with Gasteiger partial charge in [0.05, 0.1) is 30.0 Å². The number of halogens is 1. The van der Waals surface area contributed by atoms with Crippen LogP contribution in [0.5, 0.6) is 5.75 Å². The largest absolute Gasteiger partial charge is 0.495 e. The zero-order valence-corrected chi connectivity index (χ0v) is 13.9. The summed E-state index contributed by atoms with van der Waals surface area (Å²) < 4.78 is 5.12. The molecular weight excluding hydrogens is 340 g/mol. The minimum Gasteiger partial charge on any atom is -0.495 e. The van der Waals surface area contributed by atoms with E-state index in [4.69, 9.17) is 21.6 Å². The monoisotopic (exact) mass is 352 g/mol. The van der Waals surface area contributed by atoms with Gasteiger partial charge in [0.25, 0.3) is 0 Å². The fraction of sp³-hybridized carbons (Fsp3) is 0.0588. The first-order valence-corrected chi connectivity index (χ1v) is 7.63. The molecule has 0 aliphatic rings. The quantitative estimate of drug-likeness (QED) is 0.719. The van der Waals surface area contributed by atoms with Crippen LogP contribution >= 0.6 is 11.6 Å². The van der Waals surface area contributed by atoms with Crippen molar-refractivity contribution in [2.45, 2.75) is 0 Å². The van der Waals surface area contributed by atoms with Gasteiger partial charge in [0.2, 0.25) is 5.95 Å². The van der Waals surface area contributed by atoms with Crippen molar-refractivity contribution >= 4 is 34.7 Å². The zero-order chi connectivity index (χ0) is 17.6. The van der Waals surface area contributed by atoms with Crippen molar-refractivity contribution in [3.8, 4) is 11.8 Å². The molecule has 0 aliphatic heterocycles. The fourth-order valence-corrected chi connectivity index (χ4v) is 2.36. The SMILES string of the molecule is COc1ccc(Nc2cnnc(Nc3cccc(C#N)c3)n2)cc1Cl. The van der Waals surface area contributed by atoms with Crippen molar-refractivity contribution in [1.29, 1.82) is 5.26 Å². The summed E-state index contributed by atoms with van der Waals surface area (Å²) in [7, 11) is 1.56. The first-order chi connectivity index (χ1) is 12.2. The maximum Gasteiger partial charge on any atom is 0.249 e. The Labute approximate surface area is 149 Å². The number of aromatic nitrogens is 3. The minimum absolute atomic E-state index is 0.305.